The summed E-state index contributed by atoms with van der Waals surface area (Å²) in [5, 5.41) is 0. The summed E-state index contributed by atoms with van der Waals surface area (Å²) in [5.74, 6) is 0.699. The van der Waals surface area contributed by atoms with E-state index in [-0.39, 0.29) is 22.5 Å². The zero-order chi connectivity index (χ0) is 23.5. The minimum atomic E-state index is -3.49. The zero-order valence-electron chi connectivity index (χ0n) is 18.7. The summed E-state index contributed by atoms with van der Waals surface area (Å²) in [6.07, 6.45) is 3.59. The lowest BCUT2D eigenvalue weighted by molar-refractivity contribution is -0.137. The number of carbonyl (C=O) groups excluding carboxylic acids is 1. The molecule has 0 bridgehead atoms. The molecule has 0 saturated carbocycles. The van der Waals surface area contributed by atoms with Crippen LogP contribution in [-0.2, 0) is 26.8 Å². The van der Waals surface area contributed by atoms with Gasteiger partial charge in [0, 0.05) is 38.1 Å². The van der Waals surface area contributed by atoms with Crippen LogP contribution in [0.15, 0.2) is 72.0 Å². The third kappa shape index (κ3) is 4.75. The summed E-state index contributed by atoms with van der Waals surface area (Å²) in [4.78, 5) is 25.3. The molecule has 1 unspecified atom stereocenters. The Labute approximate surface area is 199 Å². The Balaban J connectivity index is 1.18. The van der Waals surface area contributed by atoms with Crippen LogP contribution in [0.3, 0.4) is 0 Å². The lowest BCUT2D eigenvalue weighted by Gasteiger charge is -2.38. The predicted molar refractivity (Wildman–Crippen MR) is 127 cm³/mol. The minimum Gasteiger partial charge on any atom is -0.492 e. The van der Waals surface area contributed by atoms with Gasteiger partial charge in [0.25, 0.3) is 0 Å². The number of piperazine rings is 1. The lowest BCUT2D eigenvalue weighted by atomic mass is 9.95. The van der Waals surface area contributed by atoms with Crippen LogP contribution in [0.25, 0.3) is 0 Å². The largest absolute Gasteiger partial charge is 0.492 e. The molecule has 5 rings (SSSR count). The fraction of sp³-hybridized carbons (Fsp3) is 0.320. The van der Waals surface area contributed by atoms with Gasteiger partial charge in [0.2, 0.25) is 5.91 Å². The number of rotatable bonds is 5. The number of para-hydroxylation sites is 1. The van der Waals surface area contributed by atoms with Crippen LogP contribution in [0.2, 0.25) is 0 Å². The minimum absolute atomic E-state index is 0.139. The smallest absolute Gasteiger partial charge is 0.229 e. The lowest BCUT2D eigenvalue weighted by Crippen LogP contribution is -2.51. The SMILES string of the molecule is O=C(C1COc2ccccc2C1)N1CCN(c2ccc(S(=O)(=O)Cc3ccncn3)cc2)CC1. The van der Waals surface area contributed by atoms with Gasteiger partial charge in [-0.1, -0.05) is 18.2 Å². The Bertz CT molecular complexity index is 1260. The van der Waals surface area contributed by atoms with Crippen molar-refractivity contribution in [3.8, 4) is 5.75 Å². The first kappa shape index (κ1) is 22.3. The molecule has 176 valence electrons. The van der Waals surface area contributed by atoms with E-state index >= 15 is 0 Å². The van der Waals surface area contributed by atoms with E-state index in [4.69, 9.17) is 4.74 Å². The summed E-state index contributed by atoms with van der Waals surface area (Å²) >= 11 is 0. The predicted octanol–water partition coefficient (Wildman–Crippen LogP) is 2.35. The Morgan fingerprint density at radius 1 is 1.00 bits per heavy atom. The van der Waals surface area contributed by atoms with Gasteiger partial charge in [0.1, 0.15) is 18.7 Å². The summed E-state index contributed by atoms with van der Waals surface area (Å²) < 4.78 is 31.2. The van der Waals surface area contributed by atoms with E-state index in [2.05, 4.69) is 14.9 Å². The Morgan fingerprint density at radius 2 is 1.76 bits per heavy atom. The highest BCUT2D eigenvalue weighted by atomic mass is 32.2. The maximum atomic E-state index is 13.1. The highest BCUT2D eigenvalue weighted by Gasteiger charge is 2.31. The van der Waals surface area contributed by atoms with Crippen molar-refractivity contribution in [1.82, 2.24) is 14.9 Å². The first-order chi connectivity index (χ1) is 16.5. The molecule has 1 aromatic heterocycles. The number of aromatic nitrogens is 2. The summed E-state index contributed by atoms with van der Waals surface area (Å²) in [6.45, 7) is 3.07. The third-order valence-corrected chi connectivity index (χ3v) is 8.03. The van der Waals surface area contributed by atoms with Crippen molar-refractivity contribution in [1.29, 1.82) is 0 Å². The first-order valence-electron chi connectivity index (χ1n) is 11.3. The molecule has 0 spiro atoms. The second-order valence-corrected chi connectivity index (χ2v) is 10.6. The van der Waals surface area contributed by atoms with Gasteiger partial charge in [-0.3, -0.25) is 4.79 Å². The summed E-state index contributed by atoms with van der Waals surface area (Å²) in [5.41, 5.74) is 2.50. The topological polar surface area (TPSA) is 92.7 Å². The molecule has 0 N–H and O–H groups in total. The van der Waals surface area contributed by atoms with E-state index in [9.17, 15) is 13.2 Å². The summed E-state index contributed by atoms with van der Waals surface area (Å²) in [7, 11) is -3.49. The molecule has 1 atom stereocenters. The number of anilines is 1. The van der Waals surface area contributed by atoms with Gasteiger partial charge in [-0.05, 0) is 48.4 Å². The number of hydrogen-bond acceptors (Lipinski definition) is 7. The number of fused-ring (bicyclic) bond motifs is 1. The number of nitrogens with zero attached hydrogens (tertiary/aromatic N) is 4. The average Bonchev–Trinajstić information content (AvgIpc) is 2.88. The van der Waals surface area contributed by atoms with Crippen molar-refractivity contribution in [2.45, 2.75) is 17.1 Å². The van der Waals surface area contributed by atoms with E-state index < -0.39 is 9.84 Å². The molecule has 0 radical (unpaired) electrons. The number of ether oxygens (including phenoxy) is 1. The van der Waals surface area contributed by atoms with Crippen LogP contribution in [0.1, 0.15) is 11.3 Å². The van der Waals surface area contributed by atoms with Gasteiger partial charge in [-0.15, -0.1) is 0 Å². The highest BCUT2D eigenvalue weighted by Crippen LogP contribution is 2.28. The van der Waals surface area contributed by atoms with Crippen LogP contribution in [0, 0.1) is 5.92 Å². The molecule has 0 aliphatic carbocycles. The van der Waals surface area contributed by atoms with E-state index in [1.807, 2.05) is 41.3 Å². The van der Waals surface area contributed by atoms with Crippen LogP contribution >= 0.6 is 0 Å². The first-order valence-corrected chi connectivity index (χ1v) is 13.0. The standard InChI is InChI=1S/C25H26N4O4S/c30-25(20-15-19-3-1-2-4-24(19)33-16-20)29-13-11-28(12-14-29)22-5-7-23(8-6-22)34(31,32)17-21-9-10-26-18-27-21/h1-10,18,20H,11-17H2. The normalized spacial score (nSPS) is 18.2. The van der Waals surface area contributed by atoms with E-state index in [0.29, 0.717) is 44.9 Å². The van der Waals surface area contributed by atoms with Crippen molar-refractivity contribution < 1.29 is 17.9 Å². The number of amides is 1. The number of carbonyl (C=O) groups is 1. The Hall–Kier alpha value is -3.46. The molecule has 2 aromatic carbocycles. The number of hydrogen-bond donors (Lipinski definition) is 0. The van der Waals surface area contributed by atoms with Crippen molar-refractivity contribution in [3.63, 3.8) is 0 Å². The van der Waals surface area contributed by atoms with Gasteiger partial charge < -0.3 is 14.5 Å². The van der Waals surface area contributed by atoms with Crippen molar-refractivity contribution >= 4 is 21.4 Å². The van der Waals surface area contributed by atoms with Crippen molar-refractivity contribution in [2.24, 2.45) is 5.92 Å². The van der Waals surface area contributed by atoms with E-state index in [0.717, 1.165) is 17.0 Å². The van der Waals surface area contributed by atoms with Gasteiger partial charge in [-0.25, -0.2) is 18.4 Å². The summed E-state index contributed by atoms with van der Waals surface area (Å²) in [6, 6.07) is 16.4. The maximum absolute atomic E-state index is 13.1. The molecule has 1 saturated heterocycles. The average molecular weight is 479 g/mol. The maximum Gasteiger partial charge on any atom is 0.229 e. The number of benzene rings is 2. The molecule has 2 aliphatic rings. The Morgan fingerprint density at radius 3 is 2.50 bits per heavy atom. The molecule has 1 fully saturated rings. The fourth-order valence-electron chi connectivity index (χ4n) is 4.48. The molecule has 8 nitrogen and oxygen atoms in total. The zero-order valence-corrected chi connectivity index (χ0v) is 19.5. The molecule has 3 heterocycles. The second kappa shape index (κ2) is 9.42. The molecule has 2 aliphatic heterocycles. The molecular formula is C25H26N4O4S. The fourth-order valence-corrected chi connectivity index (χ4v) is 5.75. The third-order valence-electron chi connectivity index (χ3n) is 6.36. The van der Waals surface area contributed by atoms with Crippen molar-refractivity contribution in [2.75, 3.05) is 37.7 Å². The van der Waals surface area contributed by atoms with E-state index in [1.165, 1.54) is 12.5 Å². The molecule has 34 heavy (non-hydrogen) atoms. The van der Waals surface area contributed by atoms with Crippen LogP contribution in [0.5, 0.6) is 5.75 Å². The van der Waals surface area contributed by atoms with Gasteiger partial charge >= 0.3 is 0 Å². The van der Waals surface area contributed by atoms with Crippen LogP contribution in [-0.4, -0.2) is 62.0 Å². The monoisotopic (exact) mass is 478 g/mol. The molecular weight excluding hydrogens is 452 g/mol. The molecule has 3 aromatic rings. The van der Waals surface area contributed by atoms with Gasteiger partial charge in [-0.2, -0.15) is 0 Å². The number of sulfone groups is 1. The molecule has 1 amide bonds. The quantitative estimate of drug-likeness (QED) is 0.556. The van der Waals surface area contributed by atoms with Crippen LogP contribution in [0.4, 0.5) is 5.69 Å². The second-order valence-electron chi connectivity index (χ2n) is 8.59. The highest BCUT2D eigenvalue weighted by molar-refractivity contribution is 7.90. The van der Waals surface area contributed by atoms with Crippen molar-refractivity contribution in [3.05, 3.63) is 78.4 Å². The van der Waals surface area contributed by atoms with Gasteiger partial charge in [0.05, 0.1) is 22.3 Å². The molecule has 9 heteroatoms. The van der Waals surface area contributed by atoms with E-state index in [1.54, 1.807) is 18.2 Å². The van der Waals surface area contributed by atoms with Gasteiger partial charge in [0.15, 0.2) is 9.84 Å². The Kier molecular flexibility index (Phi) is 6.19. The van der Waals surface area contributed by atoms with Crippen LogP contribution < -0.4 is 9.64 Å².